The molecule has 0 bridgehead atoms. The van der Waals surface area contributed by atoms with Gasteiger partial charge in [-0.1, -0.05) is 58.1 Å². The average molecular weight is 528 g/mol. The molecule has 1 aromatic heterocycles. The van der Waals surface area contributed by atoms with E-state index in [2.05, 4.69) is 6.92 Å². The van der Waals surface area contributed by atoms with Gasteiger partial charge in [0, 0.05) is 42.5 Å². The number of aliphatic hydroxyl groups excluding tert-OH is 1. The van der Waals surface area contributed by atoms with E-state index < -0.39 is 23.8 Å². The zero-order valence-electron chi connectivity index (χ0n) is 23.9. The highest BCUT2D eigenvalue weighted by molar-refractivity contribution is 5.70. The zero-order valence-corrected chi connectivity index (χ0v) is 23.9. The number of allylic oxidation sites excluding steroid dienone is 3. The van der Waals surface area contributed by atoms with Gasteiger partial charge in [0.1, 0.15) is 17.8 Å². The van der Waals surface area contributed by atoms with Crippen LogP contribution in [-0.2, 0) is 19.1 Å². The lowest BCUT2D eigenvalue weighted by atomic mass is 9.87. The molecule has 38 heavy (non-hydrogen) atoms. The molecular weight excluding hydrogens is 482 g/mol. The van der Waals surface area contributed by atoms with E-state index in [4.69, 9.17) is 14.5 Å². The SMILES string of the molecule is CC(=O)O[C@H]1/C=C/[C@H](C)[C@@H](/C(C)=C/C=C/C(C)c2cccc([C@H](C)CO)n2)OC(=O)C[C@H](C)CC[C@@]1(C)O. The van der Waals surface area contributed by atoms with Crippen molar-refractivity contribution in [2.75, 3.05) is 6.61 Å². The number of nitrogens with zero attached hydrogens (tertiary/aromatic N) is 1. The quantitative estimate of drug-likeness (QED) is 0.278. The Morgan fingerprint density at radius 2 is 1.92 bits per heavy atom. The first kappa shape index (κ1) is 31.4. The van der Waals surface area contributed by atoms with Crippen LogP contribution in [0.25, 0.3) is 0 Å². The third-order valence-electron chi connectivity index (χ3n) is 7.13. The van der Waals surface area contributed by atoms with Crippen molar-refractivity contribution in [2.24, 2.45) is 11.8 Å². The lowest BCUT2D eigenvalue weighted by Crippen LogP contribution is -2.41. The number of hydrogen-bond acceptors (Lipinski definition) is 7. The normalized spacial score (nSPS) is 30.0. The largest absolute Gasteiger partial charge is 0.457 e. The number of cyclic esters (lactones) is 1. The van der Waals surface area contributed by atoms with Crippen molar-refractivity contribution >= 4 is 11.9 Å². The van der Waals surface area contributed by atoms with Gasteiger partial charge in [-0.15, -0.1) is 0 Å². The fraction of sp³-hybridized carbons (Fsp3) is 0.581. The summed E-state index contributed by atoms with van der Waals surface area (Å²) >= 11 is 0. The number of aromatic nitrogens is 1. The lowest BCUT2D eigenvalue weighted by Gasteiger charge is -2.32. The Kier molecular flexibility index (Phi) is 11.9. The first-order valence-corrected chi connectivity index (χ1v) is 13.5. The Morgan fingerprint density at radius 1 is 1.24 bits per heavy atom. The minimum Gasteiger partial charge on any atom is -0.457 e. The Morgan fingerprint density at radius 3 is 2.58 bits per heavy atom. The van der Waals surface area contributed by atoms with Crippen molar-refractivity contribution in [3.05, 3.63) is 65.5 Å². The first-order chi connectivity index (χ1) is 17.8. The van der Waals surface area contributed by atoms with E-state index in [0.29, 0.717) is 12.8 Å². The summed E-state index contributed by atoms with van der Waals surface area (Å²) in [6, 6.07) is 5.84. The van der Waals surface area contributed by atoms with Gasteiger partial charge < -0.3 is 19.7 Å². The van der Waals surface area contributed by atoms with Crippen molar-refractivity contribution in [1.82, 2.24) is 4.98 Å². The highest BCUT2D eigenvalue weighted by Crippen LogP contribution is 2.28. The molecule has 7 atom stereocenters. The van der Waals surface area contributed by atoms with Crippen molar-refractivity contribution in [3.8, 4) is 0 Å². The molecule has 0 aliphatic carbocycles. The summed E-state index contributed by atoms with van der Waals surface area (Å²) in [5.41, 5.74) is 1.39. The van der Waals surface area contributed by atoms with Crippen LogP contribution in [0.2, 0.25) is 0 Å². The Labute approximate surface area is 227 Å². The summed E-state index contributed by atoms with van der Waals surface area (Å²) in [6.45, 7) is 12.8. The highest BCUT2D eigenvalue weighted by Gasteiger charge is 2.34. The van der Waals surface area contributed by atoms with Gasteiger partial charge in [-0.2, -0.15) is 0 Å². The smallest absolute Gasteiger partial charge is 0.306 e. The van der Waals surface area contributed by atoms with Crippen LogP contribution in [0, 0.1) is 11.8 Å². The Hall–Kier alpha value is -2.77. The number of aliphatic hydroxyl groups is 2. The molecule has 0 aromatic carbocycles. The van der Waals surface area contributed by atoms with Crippen LogP contribution in [0.15, 0.2) is 54.2 Å². The van der Waals surface area contributed by atoms with Crippen molar-refractivity contribution in [1.29, 1.82) is 0 Å². The Balaban J connectivity index is 2.29. The van der Waals surface area contributed by atoms with Gasteiger partial charge in [0.2, 0.25) is 0 Å². The summed E-state index contributed by atoms with van der Waals surface area (Å²) in [6.07, 6.45) is 9.38. The van der Waals surface area contributed by atoms with Gasteiger partial charge >= 0.3 is 11.9 Å². The second kappa shape index (κ2) is 14.4. The second-order valence-corrected chi connectivity index (χ2v) is 11.0. The summed E-state index contributed by atoms with van der Waals surface area (Å²) in [5, 5.41) is 20.5. The Bertz CT molecular complexity index is 1030. The van der Waals surface area contributed by atoms with Crippen LogP contribution in [0.1, 0.15) is 91.0 Å². The standard InChI is InChI=1S/C31H45NO6/c1-20-16-17-31(7,36)28(37-25(6)34)15-14-23(4)30(38-29(35)18-20)22(3)11-8-10-21(2)26-12-9-13-27(32-26)24(5)19-33/h8-15,20-21,23-24,28,30,33,36H,16-19H2,1-7H3/b10-8+,15-14+,22-11+/t20-,21?,23+,24-,28+,30-,31-/m1/s1. The number of hydrogen-bond donors (Lipinski definition) is 2. The summed E-state index contributed by atoms with van der Waals surface area (Å²) in [5.74, 6) is -0.921. The maximum Gasteiger partial charge on any atom is 0.306 e. The van der Waals surface area contributed by atoms with Gasteiger partial charge in [-0.05, 0) is 56.4 Å². The van der Waals surface area contributed by atoms with E-state index in [0.717, 1.165) is 17.0 Å². The molecule has 7 heteroatoms. The van der Waals surface area contributed by atoms with E-state index in [9.17, 15) is 19.8 Å². The summed E-state index contributed by atoms with van der Waals surface area (Å²) in [4.78, 5) is 29.2. The molecule has 1 unspecified atom stereocenters. The van der Waals surface area contributed by atoms with Crippen LogP contribution >= 0.6 is 0 Å². The van der Waals surface area contributed by atoms with Gasteiger partial charge in [-0.3, -0.25) is 14.6 Å². The van der Waals surface area contributed by atoms with E-state index in [-0.39, 0.29) is 42.7 Å². The maximum absolute atomic E-state index is 12.8. The molecule has 0 saturated heterocycles. The maximum atomic E-state index is 12.8. The molecule has 2 rings (SSSR count). The van der Waals surface area contributed by atoms with Crippen LogP contribution in [-0.4, -0.2) is 51.6 Å². The molecule has 0 amide bonds. The van der Waals surface area contributed by atoms with E-state index in [1.54, 1.807) is 13.0 Å². The highest BCUT2D eigenvalue weighted by atomic mass is 16.6. The lowest BCUT2D eigenvalue weighted by molar-refractivity contribution is -0.156. The molecule has 7 nitrogen and oxygen atoms in total. The van der Waals surface area contributed by atoms with Gasteiger partial charge in [0.05, 0.1) is 6.61 Å². The predicted molar refractivity (Wildman–Crippen MR) is 148 cm³/mol. The summed E-state index contributed by atoms with van der Waals surface area (Å²) in [7, 11) is 0. The van der Waals surface area contributed by atoms with Crippen LogP contribution in [0.5, 0.6) is 0 Å². The third kappa shape index (κ3) is 9.52. The molecule has 0 fully saturated rings. The van der Waals surface area contributed by atoms with Crippen LogP contribution in [0.4, 0.5) is 0 Å². The average Bonchev–Trinajstić information content (AvgIpc) is 2.86. The first-order valence-electron chi connectivity index (χ1n) is 13.5. The zero-order chi connectivity index (χ0) is 28.5. The fourth-order valence-corrected chi connectivity index (χ4v) is 4.46. The van der Waals surface area contributed by atoms with Crippen LogP contribution < -0.4 is 0 Å². The molecule has 0 radical (unpaired) electrons. The van der Waals surface area contributed by atoms with E-state index in [1.165, 1.54) is 6.92 Å². The number of ether oxygens (including phenoxy) is 2. The fourth-order valence-electron chi connectivity index (χ4n) is 4.46. The third-order valence-corrected chi connectivity index (χ3v) is 7.13. The molecule has 2 heterocycles. The molecule has 210 valence electrons. The van der Waals surface area contributed by atoms with Crippen molar-refractivity contribution in [3.63, 3.8) is 0 Å². The van der Waals surface area contributed by atoms with E-state index >= 15 is 0 Å². The minimum atomic E-state index is -1.25. The van der Waals surface area contributed by atoms with Gasteiger partial charge in [-0.25, -0.2) is 0 Å². The van der Waals surface area contributed by atoms with Crippen LogP contribution in [0.3, 0.4) is 0 Å². The molecule has 1 aliphatic heterocycles. The molecule has 1 aromatic rings. The monoisotopic (exact) mass is 527 g/mol. The molecule has 0 spiro atoms. The molecule has 0 saturated carbocycles. The van der Waals surface area contributed by atoms with Crippen molar-refractivity contribution in [2.45, 2.75) is 97.4 Å². The van der Waals surface area contributed by atoms with Gasteiger partial charge in [0.25, 0.3) is 0 Å². The number of carbonyl (C=O) groups excluding carboxylic acids is 2. The van der Waals surface area contributed by atoms with Crippen molar-refractivity contribution < 1.29 is 29.3 Å². The molecule has 2 N–H and O–H groups in total. The minimum absolute atomic E-state index is 0.00756. The number of esters is 2. The number of carbonyl (C=O) groups is 2. The summed E-state index contributed by atoms with van der Waals surface area (Å²) < 4.78 is 11.4. The predicted octanol–water partition coefficient (Wildman–Crippen LogP) is 5.39. The number of rotatable bonds is 7. The molecular formula is C31H45NO6. The number of pyridine rings is 1. The topological polar surface area (TPSA) is 106 Å². The second-order valence-electron chi connectivity index (χ2n) is 11.0. The van der Waals surface area contributed by atoms with Gasteiger partial charge in [0.15, 0.2) is 0 Å². The molecule has 1 aliphatic rings. The van der Waals surface area contributed by atoms with E-state index in [1.807, 2.05) is 70.2 Å².